The van der Waals surface area contributed by atoms with Crippen LogP contribution in [0.5, 0.6) is 0 Å². The minimum absolute atomic E-state index is 0.000414. The van der Waals surface area contributed by atoms with Gasteiger partial charge in [-0.2, -0.15) is 0 Å². The van der Waals surface area contributed by atoms with Crippen molar-refractivity contribution in [2.24, 2.45) is 11.5 Å². The van der Waals surface area contributed by atoms with Gasteiger partial charge in [0.1, 0.15) is 0 Å². The van der Waals surface area contributed by atoms with Crippen LogP contribution in [0.2, 0.25) is 0 Å². The zero-order valence-electron chi connectivity index (χ0n) is 8.25. The van der Waals surface area contributed by atoms with E-state index >= 15 is 0 Å². The molecule has 0 heterocycles. The van der Waals surface area contributed by atoms with Crippen molar-refractivity contribution in [2.45, 2.75) is 6.92 Å². The van der Waals surface area contributed by atoms with E-state index in [1.807, 2.05) is 0 Å². The fourth-order valence-corrected chi connectivity index (χ4v) is 1.09. The van der Waals surface area contributed by atoms with Crippen LogP contribution in [-0.2, 0) is 4.79 Å². The Balaban J connectivity index is 3.49. The molecule has 0 aromatic heterocycles. The highest BCUT2D eigenvalue weighted by Gasteiger charge is 2.01. The maximum absolute atomic E-state index is 10.6. The number of hydrogen-bond acceptors (Lipinski definition) is 4. The zero-order valence-corrected chi connectivity index (χ0v) is 8.25. The van der Waals surface area contributed by atoms with Gasteiger partial charge in [0.25, 0.3) is 0 Å². The van der Waals surface area contributed by atoms with Gasteiger partial charge in [-0.05, 0) is 0 Å². The molecule has 13 heavy (non-hydrogen) atoms. The maximum Gasteiger partial charge on any atom is 0.216 e. The highest BCUT2D eigenvalue weighted by Crippen LogP contribution is 1.83. The smallest absolute Gasteiger partial charge is 0.216 e. The van der Waals surface area contributed by atoms with Crippen LogP contribution in [-0.4, -0.2) is 50.1 Å². The molecule has 0 fully saturated rings. The highest BCUT2D eigenvalue weighted by molar-refractivity contribution is 5.72. The van der Waals surface area contributed by atoms with Crippen LogP contribution in [0.1, 0.15) is 6.92 Å². The van der Waals surface area contributed by atoms with E-state index in [0.717, 1.165) is 19.6 Å². The second kappa shape index (κ2) is 7.97. The molecule has 0 bridgehead atoms. The second-order valence-corrected chi connectivity index (χ2v) is 2.90. The van der Waals surface area contributed by atoms with E-state index in [4.69, 9.17) is 11.5 Å². The molecule has 0 aliphatic carbocycles. The minimum atomic E-state index is 0.000414. The van der Waals surface area contributed by atoms with E-state index < -0.39 is 0 Å². The predicted octanol–water partition coefficient (Wildman–Crippen LogP) is -1.66. The van der Waals surface area contributed by atoms with Crippen LogP contribution in [0, 0.1) is 0 Å². The van der Waals surface area contributed by atoms with E-state index in [1.165, 1.54) is 6.92 Å². The van der Waals surface area contributed by atoms with Gasteiger partial charge < -0.3 is 16.8 Å². The van der Waals surface area contributed by atoms with Crippen molar-refractivity contribution < 1.29 is 4.79 Å². The molecule has 1 amide bonds. The standard InChI is InChI=1S/C8H20N4O/c1-8(13)11-4-7-12(5-2-9)6-3-10/h2-7,9-10H2,1H3,(H,11,13). The summed E-state index contributed by atoms with van der Waals surface area (Å²) in [5.41, 5.74) is 10.8. The fraction of sp³-hybridized carbons (Fsp3) is 0.875. The van der Waals surface area contributed by atoms with Crippen LogP contribution in [0.15, 0.2) is 0 Å². The lowest BCUT2D eigenvalue weighted by atomic mass is 10.4. The number of carbonyl (C=O) groups is 1. The van der Waals surface area contributed by atoms with Gasteiger partial charge in [0, 0.05) is 46.2 Å². The third kappa shape index (κ3) is 7.70. The monoisotopic (exact) mass is 188 g/mol. The largest absolute Gasteiger partial charge is 0.355 e. The second-order valence-electron chi connectivity index (χ2n) is 2.90. The summed E-state index contributed by atoms with van der Waals surface area (Å²) < 4.78 is 0. The van der Waals surface area contributed by atoms with E-state index in [0.29, 0.717) is 19.6 Å². The minimum Gasteiger partial charge on any atom is -0.355 e. The Morgan fingerprint density at radius 1 is 1.23 bits per heavy atom. The predicted molar refractivity (Wildman–Crippen MR) is 53.2 cm³/mol. The number of hydrogen-bond donors (Lipinski definition) is 3. The lowest BCUT2D eigenvalue weighted by Crippen LogP contribution is -2.39. The Labute approximate surface area is 79.4 Å². The van der Waals surface area contributed by atoms with E-state index in [1.54, 1.807) is 0 Å². The summed E-state index contributed by atoms with van der Waals surface area (Å²) in [4.78, 5) is 12.7. The Hall–Kier alpha value is -0.650. The van der Waals surface area contributed by atoms with E-state index in [-0.39, 0.29) is 5.91 Å². The number of amides is 1. The molecule has 0 rings (SSSR count). The molecule has 5 heteroatoms. The lowest BCUT2D eigenvalue weighted by Gasteiger charge is -2.20. The highest BCUT2D eigenvalue weighted by atomic mass is 16.1. The van der Waals surface area contributed by atoms with Crippen molar-refractivity contribution in [3.8, 4) is 0 Å². The van der Waals surface area contributed by atoms with Crippen LogP contribution >= 0.6 is 0 Å². The Morgan fingerprint density at radius 3 is 2.15 bits per heavy atom. The van der Waals surface area contributed by atoms with Crippen LogP contribution in [0.3, 0.4) is 0 Å². The summed E-state index contributed by atoms with van der Waals surface area (Å²) in [7, 11) is 0. The van der Waals surface area contributed by atoms with Gasteiger partial charge in [0.2, 0.25) is 5.91 Å². The lowest BCUT2D eigenvalue weighted by molar-refractivity contribution is -0.119. The summed E-state index contributed by atoms with van der Waals surface area (Å²) in [6, 6.07) is 0. The summed E-state index contributed by atoms with van der Waals surface area (Å²) >= 11 is 0. The van der Waals surface area contributed by atoms with Gasteiger partial charge in [-0.3, -0.25) is 9.69 Å². The van der Waals surface area contributed by atoms with Gasteiger partial charge >= 0.3 is 0 Å². The van der Waals surface area contributed by atoms with Crippen molar-refractivity contribution in [1.29, 1.82) is 0 Å². The molecule has 0 atom stereocenters. The summed E-state index contributed by atoms with van der Waals surface area (Å²) in [5, 5.41) is 2.73. The molecule has 0 spiro atoms. The summed E-state index contributed by atoms with van der Waals surface area (Å²) in [5.74, 6) is 0.000414. The van der Waals surface area contributed by atoms with Gasteiger partial charge in [0.05, 0.1) is 0 Å². The van der Waals surface area contributed by atoms with Crippen LogP contribution < -0.4 is 16.8 Å². The van der Waals surface area contributed by atoms with E-state index in [2.05, 4.69) is 10.2 Å². The third-order valence-electron chi connectivity index (χ3n) is 1.69. The number of nitrogens with two attached hydrogens (primary N) is 2. The number of rotatable bonds is 7. The number of nitrogens with zero attached hydrogens (tertiary/aromatic N) is 1. The third-order valence-corrected chi connectivity index (χ3v) is 1.69. The van der Waals surface area contributed by atoms with Crippen molar-refractivity contribution in [1.82, 2.24) is 10.2 Å². The average molecular weight is 188 g/mol. The molecule has 0 aliphatic rings. The molecular weight excluding hydrogens is 168 g/mol. The molecule has 0 aromatic carbocycles. The molecule has 78 valence electrons. The van der Waals surface area contributed by atoms with Gasteiger partial charge in [-0.25, -0.2) is 0 Å². The van der Waals surface area contributed by atoms with Crippen molar-refractivity contribution in [3.63, 3.8) is 0 Å². The zero-order chi connectivity index (χ0) is 10.1. The van der Waals surface area contributed by atoms with Crippen LogP contribution in [0.25, 0.3) is 0 Å². The molecule has 0 radical (unpaired) electrons. The average Bonchev–Trinajstić information content (AvgIpc) is 2.04. The van der Waals surface area contributed by atoms with Gasteiger partial charge in [0.15, 0.2) is 0 Å². The van der Waals surface area contributed by atoms with Crippen molar-refractivity contribution in [3.05, 3.63) is 0 Å². The Morgan fingerprint density at radius 2 is 1.77 bits per heavy atom. The van der Waals surface area contributed by atoms with Gasteiger partial charge in [-0.15, -0.1) is 0 Å². The number of carbonyl (C=O) groups excluding carboxylic acids is 1. The molecule has 0 aliphatic heterocycles. The Kier molecular flexibility index (Phi) is 7.57. The molecule has 5 N–H and O–H groups in total. The van der Waals surface area contributed by atoms with Crippen LogP contribution in [0.4, 0.5) is 0 Å². The molecule has 0 aromatic rings. The van der Waals surface area contributed by atoms with Crippen molar-refractivity contribution in [2.75, 3.05) is 39.3 Å². The molecule has 0 unspecified atom stereocenters. The quantitative estimate of drug-likeness (QED) is 0.446. The normalized spacial score (nSPS) is 10.5. The Bertz CT molecular complexity index is 134. The first kappa shape index (κ1) is 12.3. The summed E-state index contributed by atoms with van der Waals surface area (Å²) in [6.45, 7) is 5.90. The van der Waals surface area contributed by atoms with Crippen molar-refractivity contribution >= 4 is 5.91 Å². The first-order valence-electron chi connectivity index (χ1n) is 4.57. The first-order chi connectivity index (χ1) is 6.20. The molecular formula is C8H20N4O. The SMILES string of the molecule is CC(=O)NCCN(CCN)CCN. The van der Waals surface area contributed by atoms with Gasteiger partial charge in [-0.1, -0.05) is 0 Å². The first-order valence-corrected chi connectivity index (χ1v) is 4.57. The fourth-order valence-electron chi connectivity index (χ4n) is 1.09. The molecule has 5 nitrogen and oxygen atoms in total. The van der Waals surface area contributed by atoms with E-state index in [9.17, 15) is 4.79 Å². The molecule has 0 saturated heterocycles. The number of nitrogens with one attached hydrogen (secondary N) is 1. The maximum atomic E-state index is 10.6. The topological polar surface area (TPSA) is 84.4 Å². The molecule has 0 saturated carbocycles. The summed E-state index contributed by atoms with van der Waals surface area (Å²) in [6.07, 6.45) is 0.